The minimum atomic E-state index is -0.355. The average Bonchev–Trinajstić information content (AvgIpc) is 2.86. The van der Waals surface area contributed by atoms with E-state index in [9.17, 15) is 0 Å². The van der Waals surface area contributed by atoms with Gasteiger partial charge in [-0.25, -0.2) is 4.98 Å². The Morgan fingerprint density at radius 1 is 1.20 bits per heavy atom. The van der Waals surface area contributed by atoms with Crippen molar-refractivity contribution < 1.29 is 0 Å². The summed E-state index contributed by atoms with van der Waals surface area (Å²) in [5, 5.41) is 8.04. The normalized spacial score (nSPS) is 12.0. The number of hydrogen-bond donors (Lipinski definition) is 2. The van der Waals surface area contributed by atoms with Crippen LogP contribution in [0.3, 0.4) is 0 Å². The standard InChI is InChI=1S/C16H18N4/c1-10-8-18-15-13(9-19-20-15)14(10)11-5-4-6-12(7-11)16(2,3)17/h4-9H,17H2,1-3H3,(H,18,19,20). The Balaban J connectivity index is 2.26. The second-order valence-electron chi connectivity index (χ2n) is 5.75. The van der Waals surface area contributed by atoms with E-state index >= 15 is 0 Å². The Kier molecular flexibility index (Phi) is 2.83. The van der Waals surface area contributed by atoms with Gasteiger partial charge in [-0.15, -0.1) is 0 Å². The van der Waals surface area contributed by atoms with Gasteiger partial charge in [-0.2, -0.15) is 5.10 Å². The van der Waals surface area contributed by atoms with Crippen LogP contribution in [0.1, 0.15) is 25.0 Å². The molecule has 0 aliphatic carbocycles. The fraction of sp³-hybridized carbons (Fsp3) is 0.250. The number of rotatable bonds is 2. The number of nitrogens with zero attached hydrogens (tertiary/aromatic N) is 2. The lowest BCUT2D eigenvalue weighted by atomic mass is 9.91. The van der Waals surface area contributed by atoms with Crippen molar-refractivity contribution in [2.24, 2.45) is 5.73 Å². The highest BCUT2D eigenvalue weighted by molar-refractivity contribution is 5.93. The van der Waals surface area contributed by atoms with Gasteiger partial charge in [0.25, 0.3) is 0 Å². The molecule has 0 aliphatic rings. The third-order valence-corrected chi connectivity index (χ3v) is 3.57. The molecule has 1 aromatic carbocycles. The molecule has 3 aromatic rings. The third-order valence-electron chi connectivity index (χ3n) is 3.57. The SMILES string of the molecule is Cc1cnc2[nH]ncc2c1-c1cccc(C(C)(C)N)c1. The second-order valence-corrected chi connectivity index (χ2v) is 5.75. The van der Waals surface area contributed by atoms with Crippen molar-refractivity contribution in [3.63, 3.8) is 0 Å². The van der Waals surface area contributed by atoms with Gasteiger partial charge < -0.3 is 5.73 Å². The number of fused-ring (bicyclic) bond motifs is 1. The number of pyridine rings is 1. The van der Waals surface area contributed by atoms with Crippen molar-refractivity contribution in [3.05, 3.63) is 47.8 Å². The summed E-state index contributed by atoms with van der Waals surface area (Å²) < 4.78 is 0. The number of hydrogen-bond acceptors (Lipinski definition) is 3. The first-order valence-electron chi connectivity index (χ1n) is 6.65. The zero-order valence-corrected chi connectivity index (χ0v) is 11.9. The van der Waals surface area contributed by atoms with E-state index in [-0.39, 0.29) is 5.54 Å². The van der Waals surface area contributed by atoms with E-state index < -0.39 is 0 Å². The van der Waals surface area contributed by atoms with Crippen molar-refractivity contribution >= 4 is 11.0 Å². The first-order valence-corrected chi connectivity index (χ1v) is 6.65. The number of aromatic amines is 1. The maximum atomic E-state index is 6.20. The summed E-state index contributed by atoms with van der Waals surface area (Å²) in [5.74, 6) is 0. The predicted octanol–water partition coefficient (Wildman–Crippen LogP) is 3.13. The zero-order valence-electron chi connectivity index (χ0n) is 11.9. The molecule has 0 amide bonds. The van der Waals surface area contributed by atoms with Gasteiger partial charge in [0.15, 0.2) is 5.65 Å². The summed E-state index contributed by atoms with van der Waals surface area (Å²) in [6, 6.07) is 8.36. The summed E-state index contributed by atoms with van der Waals surface area (Å²) in [5.41, 5.74) is 11.2. The Bertz CT molecular complexity index is 765. The van der Waals surface area contributed by atoms with E-state index in [0.29, 0.717) is 0 Å². The molecule has 0 saturated carbocycles. The van der Waals surface area contributed by atoms with Gasteiger partial charge in [0.05, 0.1) is 6.20 Å². The molecule has 0 spiro atoms. The summed E-state index contributed by atoms with van der Waals surface area (Å²) in [6.45, 7) is 6.09. The highest BCUT2D eigenvalue weighted by Crippen LogP contribution is 2.31. The van der Waals surface area contributed by atoms with E-state index in [0.717, 1.165) is 33.3 Å². The summed E-state index contributed by atoms with van der Waals surface area (Å²) in [4.78, 5) is 4.36. The molecule has 0 unspecified atom stereocenters. The van der Waals surface area contributed by atoms with Gasteiger partial charge in [-0.1, -0.05) is 18.2 Å². The largest absolute Gasteiger partial charge is 0.322 e. The molecule has 20 heavy (non-hydrogen) atoms. The van der Waals surface area contributed by atoms with Crippen LogP contribution in [0.4, 0.5) is 0 Å². The number of benzene rings is 1. The molecular formula is C16H18N4. The molecule has 2 aromatic heterocycles. The monoisotopic (exact) mass is 266 g/mol. The molecule has 4 nitrogen and oxygen atoms in total. The Hall–Kier alpha value is -2.20. The van der Waals surface area contributed by atoms with Gasteiger partial charge in [0, 0.05) is 17.1 Å². The number of nitrogens with one attached hydrogen (secondary N) is 1. The molecule has 0 saturated heterocycles. The van der Waals surface area contributed by atoms with Gasteiger partial charge in [0.2, 0.25) is 0 Å². The van der Waals surface area contributed by atoms with Crippen molar-refractivity contribution in [1.82, 2.24) is 15.2 Å². The van der Waals surface area contributed by atoms with Crippen molar-refractivity contribution in [1.29, 1.82) is 0 Å². The van der Waals surface area contributed by atoms with Crippen LogP contribution in [0.2, 0.25) is 0 Å². The Morgan fingerprint density at radius 2 is 2.00 bits per heavy atom. The fourth-order valence-corrected chi connectivity index (χ4v) is 2.46. The topological polar surface area (TPSA) is 67.6 Å². The molecule has 4 heteroatoms. The van der Waals surface area contributed by atoms with Crippen LogP contribution in [0.15, 0.2) is 36.7 Å². The quantitative estimate of drug-likeness (QED) is 0.748. The van der Waals surface area contributed by atoms with Crippen LogP contribution >= 0.6 is 0 Å². The van der Waals surface area contributed by atoms with E-state index in [1.54, 1.807) is 0 Å². The van der Waals surface area contributed by atoms with E-state index in [2.05, 4.69) is 40.3 Å². The lowest BCUT2D eigenvalue weighted by Gasteiger charge is -2.20. The van der Waals surface area contributed by atoms with Crippen molar-refractivity contribution in [2.45, 2.75) is 26.3 Å². The van der Waals surface area contributed by atoms with Crippen LogP contribution in [-0.2, 0) is 5.54 Å². The highest BCUT2D eigenvalue weighted by Gasteiger charge is 2.16. The Labute approximate surface area is 118 Å². The predicted molar refractivity (Wildman–Crippen MR) is 81.3 cm³/mol. The van der Waals surface area contributed by atoms with Gasteiger partial charge >= 0.3 is 0 Å². The van der Waals surface area contributed by atoms with E-state index in [1.807, 2.05) is 32.3 Å². The molecule has 102 valence electrons. The lowest BCUT2D eigenvalue weighted by Crippen LogP contribution is -2.28. The van der Waals surface area contributed by atoms with E-state index in [1.165, 1.54) is 0 Å². The fourth-order valence-electron chi connectivity index (χ4n) is 2.46. The first kappa shape index (κ1) is 12.8. The van der Waals surface area contributed by atoms with Crippen molar-refractivity contribution in [2.75, 3.05) is 0 Å². The summed E-state index contributed by atoms with van der Waals surface area (Å²) in [6.07, 6.45) is 3.70. The molecule has 3 N–H and O–H groups in total. The molecular weight excluding hydrogens is 248 g/mol. The van der Waals surface area contributed by atoms with Gasteiger partial charge in [0.1, 0.15) is 0 Å². The number of aromatic nitrogens is 3. The van der Waals surface area contributed by atoms with Gasteiger partial charge in [-0.05, 0) is 49.1 Å². The maximum absolute atomic E-state index is 6.20. The maximum Gasteiger partial charge on any atom is 0.155 e. The molecule has 0 radical (unpaired) electrons. The number of nitrogens with two attached hydrogens (primary N) is 1. The minimum Gasteiger partial charge on any atom is -0.322 e. The first-order chi connectivity index (χ1) is 9.47. The molecule has 0 bridgehead atoms. The smallest absolute Gasteiger partial charge is 0.155 e. The Morgan fingerprint density at radius 3 is 2.75 bits per heavy atom. The average molecular weight is 266 g/mol. The van der Waals surface area contributed by atoms with Crippen LogP contribution < -0.4 is 5.73 Å². The third kappa shape index (κ3) is 2.08. The molecule has 3 rings (SSSR count). The van der Waals surface area contributed by atoms with Crippen LogP contribution in [0, 0.1) is 6.92 Å². The second kappa shape index (κ2) is 4.42. The zero-order chi connectivity index (χ0) is 14.3. The molecule has 0 aliphatic heterocycles. The van der Waals surface area contributed by atoms with Gasteiger partial charge in [-0.3, -0.25) is 5.10 Å². The highest BCUT2D eigenvalue weighted by atomic mass is 15.1. The molecule has 2 heterocycles. The number of H-pyrrole nitrogens is 1. The van der Waals surface area contributed by atoms with E-state index in [4.69, 9.17) is 5.73 Å². The van der Waals surface area contributed by atoms with Crippen molar-refractivity contribution in [3.8, 4) is 11.1 Å². The van der Waals surface area contributed by atoms with Crippen LogP contribution in [-0.4, -0.2) is 15.2 Å². The molecule has 0 atom stereocenters. The number of aryl methyl sites for hydroxylation is 1. The molecule has 0 fully saturated rings. The summed E-state index contributed by atoms with van der Waals surface area (Å²) in [7, 11) is 0. The van der Waals surface area contributed by atoms with Crippen LogP contribution in [0.5, 0.6) is 0 Å². The van der Waals surface area contributed by atoms with Crippen LogP contribution in [0.25, 0.3) is 22.2 Å². The summed E-state index contributed by atoms with van der Waals surface area (Å²) >= 11 is 0. The lowest BCUT2D eigenvalue weighted by molar-refractivity contribution is 0.554. The minimum absolute atomic E-state index is 0.355.